The number of benzene rings is 2. The van der Waals surface area contributed by atoms with Crippen molar-refractivity contribution in [2.75, 3.05) is 25.0 Å². The summed E-state index contributed by atoms with van der Waals surface area (Å²) in [7, 11) is 0. The Bertz CT molecular complexity index is 1960. The smallest absolute Gasteiger partial charge is 0.319 e. The number of amides is 7. The molecule has 6 N–H and O–H groups in total. The van der Waals surface area contributed by atoms with Crippen LogP contribution in [0, 0.1) is 19.8 Å². The zero-order valence-corrected chi connectivity index (χ0v) is 34.4. The molecule has 1 spiro atoms. The Morgan fingerprint density at radius 3 is 2.25 bits per heavy atom. The SMILES string of the molecule is Cc1ccc(NC(=O)N[C@@H](Cc2cccc(C)c2)C(=O)N[C@H](C(=O)N2C[C@H](O)C[C@H]2C(=O)N2CCCC[C@H]2C(=O)N[C@@H](C)C(=O)N2C[C@H](C)C[C@@]23CC3=O)[C@H](C)O)cc1. The van der Waals surface area contributed by atoms with Gasteiger partial charge in [0.25, 0.3) is 0 Å². The summed E-state index contributed by atoms with van der Waals surface area (Å²) >= 11 is 0. The van der Waals surface area contributed by atoms with Crippen LogP contribution in [0.5, 0.6) is 0 Å². The molecule has 2 aromatic rings. The fourth-order valence-electron chi connectivity index (χ4n) is 8.82. The van der Waals surface area contributed by atoms with Crippen molar-refractivity contribution in [3.8, 4) is 0 Å². The van der Waals surface area contributed by atoms with Gasteiger partial charge >= 0.3 is 6.03 Å². The zero-order chi connectivity index (χ0) is 42.8. The fraction of sp³-hybridized carbons (Fsp3) is 0.558. The van der Waals surface area contributed by atoms with Crippen LogP contribution in [0.2, 0.25) is 0 Å². The molecule has 4 fully saturated rings. The van der Waals surface area contributed by atoms with E-state index >= 15 is 0 Å². The molecule has 2 aromatic carbocycles. The minimum Gasteiger partial charge on any atom is -0.391 e. The van der Waals surface area contributed by atoms with E-state index in [0.29, 0.717) is 44.3 Å². The van der Waals surface area contributed by atoms with Gasteiger partial charge in [-0.3, -0.25) is 28.8 Å². The molecular formula is C43H57N7O9. The van der Waals surface area contributed by atoms with E-state index in [2.05, 4.69) is 21.3 Å². The van der Waals surface area contributed by atoms with E-state index in [0.717, 1.165) is 21.6 Å². The number of ketones is 1. The molecule has 9 atom stereocenters. The van der Waals surface area contributed by atoms with Crippen LogP contribution in [0.1, 0.15) is 76.0 Å². The second-order valence-corrected chi connectivity index (χ2v) is 17.0. The number of nitrogens with zero attached hydrogens (tertiary/aromatic N) is 3. The summed E-state index contributed by atoms with van der Waals surface area (Å²) in [5.74, 6) is -2.87. The number of rotatable bonds is 12. The molecule has 59 heavy (non-hydrogen) atoms. The van der Waals surface area contributed by atoms with Crippen LogP contribution >= 0.6 is 0 Å². The first-order chi connectivity index (χ1) is 28.0. The van der Waals surface area contributed by atoms with Gasteiger partial charge in [0.1, 0.15) is 35.7 Å². The van der Waals surface area contributed by atoms with Gasteiger partial charge in [-0.1, -0.05) is 54.4 Å². The number of aliphatic hydroxyl groups excluding tert-OH is 2. The fourth-order valence-corrected chi connectivity index (χ4v) is 8.82. The largest absolute Gasteiger partial charge is 0.391 e. The average molecular weight is 816 g/mol. The highest BCUT2D eigenvalue weighted by Gasteiger charge is 2.63. The Kier molecular flexibility index (Phi) is 13.1. The second-order valence-electron chi connectivity index (χ2n) is 17.0. The maximum Gasteiger partial charge on any atom is 0.319 e. The lowest BCUT2D eigenvalue weighted by Crippen LogP contribution is -2.62. The van der Waals surface area contributed by atoms with E-state index in [1.165, 1.54) is 11.8 Å². The summed E-state index contributed by atoms with van der Waals surface area (Å²) in [6.07, 6.45) is -0.186. The van der Waals surface area contributed by atoms with Crippen LogP contribution in [0.25, 0.3) is 0 Å². The number of piperidine rings is 1. The molecule has 1 aliphatic carbocycles. The lowest BCUT2D eigenvalue weighted by molar-refractivity contribution is -0.152. The Labute approximate surface area is 344 Å². The molecule has 6 rings (SSSR count). The third kappa shape index (κ3) is 9.76. The Balaban J connectivity index is 1.15. The lowest BCUT2D eigenvalue weighted by Gasteiger charge is -2.39. The third-order valence-corrected chi connectivity index (χ3v) is 12.0. The van der Waals surface area contributed by atoms with Crippen molar-refractivity contribution < 1.29 is 43.8 Å². The van der Waals surface area contributed by atoms with E-state index in [1.807, 2.05) is 51.1 Å². The number of urea groups is 1. The van der Waals surface area contributed by atoms with Crippen LogP contribution in [-0.2, 0) is 35.2 Å². The van der Waals surface area contributed by atoms with Gasteiger partial charge in [-0.05, 0) is 77.0 Å². The highest BCUT2D eigenvalue weighted by atomic mass is 16.3. The molecule has 16 nitrogen and oxygen atoms in total. The topological polar surface area (TPSA) is 218 Å². The predicted molar refractivity (Wildman–Crippen MR) is 217 cm³/mol. The second kappa shape index (κ2) is 17.9. The molecule has 16 heteroatoms. The Morgan fingerprint density at radius 1 is 0.881 bits per heavy atom. The number of hydrogen-bond donors (Lipinski definition) is 6. The molecule has 7 amide bonds. The monoisotopic (exact) mass is 815 g/mol. The van der Waals surface area contributed by atoms with Crippen LogP contribution < -0.4 is 21.3 Å². The van der Waals surface area contributed by atoms with Crippen molar-refractivity contribution >= 4 is 47.0 Å². The number of carbonyl (C=O) groups excluding carboxylic acids is 7. The molecular weight excluding hydrogens is 759 g/mol. The summed E-state index contributed by atoms with van der Waals surface area (Å²) in [6, 6.07) is 7.94. The van der Waals surface area contributed by atoms with Gasteiger partial charge in [0, 0.05) is 44.6 Å². The lowest BCUT2D eigenvalue weighted by atomic mass is 9.98. The van der Waals surface area contributed by atoms with Crippen molar-refractivity contribution in [1.29, 1.82) is 0 Å². The molecule has 3 aliphatic heterocycles. The molecule has 1 saturated carbocycles. The Hall–Kier alpha value is -5.35. The summed E-state index contributed by atoms with van der Waals surface area (Å²) in [5, 5.41) is 32.5. The van der Waals surface area contributed by atoms with Gasteiger partial charge in [-0.15, -0.1) is 0 Å². The summed E-state index contributed by atoms with van der Waals surface area (Å²) in [5.41, 5.74) is 2.39. The molecule has 0 bridgehead atoms. The Morgan fingerprint density at radius 2 is 1.59 bits per heavy atom. The standard InChI is InChI=1S/C43H57N7O9/c1-24-12-14-30(15-13-24)45-42(59)46-32(18-29-10-8-9-25(2)17-29)37(54)47-36(28(5)51)41(58)49-23-31(52)19-34(49)40(57)48-16-7-6-11-33(48)38(55)44-27(4)39(56)50-22-26(3)20-43(50)21-35(43)53/h8-10,12-15,17,26-28,31-34,36,51-52H,6-7,11,16,18-23H2,1-5H3,(H,44,55)(H,47,54)(H2,45,46,59)/t26-,27+,28+,31-,32+,33+,34+,36+,43+/m1/s1. The van der Waals surface area contributed by atoms with Crippen molar-refractivity contribution in [2.24, 2.45) is 5.92 Å². The van der Waals surface area contributed by atoms with E-state index in [9.17, 15) is 43.8 Å². The maximum absolute atomic E-state index is 14.3. The van der Waals surface area contributed by atoms with Gasteiger partial charge in [-0.2, -0.15) is 0 Å². The molecule has 3 heterocycles. The van der Waals surface area contributed by atoms with Gasteiger partial charge in [0.05, 0.1) is 12.2 Å². The number of aliphatic hydroxyl groups is 2. The number of aryl methyl sites for hydroxylation is 2. The number of likely N-dealkylation sites (tertiary alicyclic amines) is 3. The third-order valence-electron chi connectivity index (χ3n) is 12.0. The summed E-state index contributed by atoms with van der Waals surface area (Å²) in [6.45, 7) is 9.02. The van der Waals surface area contributed by atoms with E-state index in [4.69, 9.17) is 0 Å². The molecule has 4 aliphatic rings. The van der Waals surface area contributed by atoms with E-state index in [1.54, 1.807) is 30.0 Å². The van der Waals surface area contributed by atoms with Gasteiger partial charge in [-0.25, -0.2) is 4.79 Å². The number of anilines is 1. The van der Waals surface area contributed by atoms with Crippen molar-refractivity contribution in [3.63, 3.8) is 0 Å². The summed E-state index contributed by atoms with van der Waals surface area (Å²) in [4.78, 5) is 99.5. The van der Waals surface area contributed by atoms with Crippen LogP contribution in [0.4, 0.5) is 10.5 Å². The first-order valence-electron chi connectivity index (χ1n) is 20.6. The maximum atomic E-state index is 14.3. The quantitative estimate of drug-likeness (QED) is 0.182. The van der Waals surface area contributed by atoms with Crippen LogP contribution in [0.15, 0.2) is 48.5 Å². The molecule has 0 aromatic heterocycles. The van der Waals surface area contributed by atoms with E-state index < -0.39 is 77.6 Å². The molecule has 318 valence electrons. The number of hydrogen-bond acceptors (Lipinski definition) is 9. The highest BCUT2D eigenvalue weighted by molar-refractivity contribution is 6.09. The van der Waals surface area contributed by atoms with E-state index in [-0.39, 0.29) is 43.5 Å². The van der Waals surface area contributed by atoms with Gasteiger partial charge in [0.15, 0.2) is 5.78 Å². The highest BCUT2D eigenvalue weighted by Crippen LogP contribution is 2.48. The normalized spacial score (nSPS) is 25.8. The van der Waals surface area contributed by atoms with Gasteiger partial charge in [0.2, 0.25) is 29.5 Å². The zero-order valence-electron chi connectivity index (χ0n) is 34.4. The molecule has 3 saturated heterocycles. The predicted octanol–water partition coefficient (Wildman–Crippen LogP) is 1.33. The van der Waals surface area contributed by atoms with Crippen molar-refractivity contribution in [1.82, 2.24) is 30.7 Å². The number of carbonyl (C=O) groups is 7. The van der Waals surface area contributed by atoms with Crippen LogP contribution in [0.3, 0.4) is 0 Å². The van der Waals surface area contributed by atoms with Crippen molar-refractivity contribution in [2.45, 2.75) is 128 Å². The van der Waals surface area contributed by atoms with Gasteiger partial charge < -0.3 is 46.2 Å². The first kappa shape index (κ1) is 43.2. The first-order valence-corrected chi connectivity index (χ1v) is 20.6. The molecule has 0 radical (unpaired) electrons. The minimum atomic E-state index is -1.56. The number of β-amino-alcohol motifs (C(OH)–C–C–N with tert-alkyl or cyclic N) is 1. The number of Topliss-reactive ketones (excluding diaryl/α,β-unsaturated/α-hetero) is 1. The minimum absolute atomic E-state index is 0.0213. The van der Waals surface area contributed by atoms with Crippen LogP contribution in [-0.4, -0.2) is 134 Å². The average Bonchev–Trinajstić information content (AvgIpc) is 3.47. The summed E-state index contributed by atoms with van der Waals surface area (Å²) < 4.78 is 0. The number of nitrogens with one attached hydrogen (secondary N) is 4. The molecule has 0 unspecified atom stereocenters. The van der Waals surface area contributed by atoms with Crippen molar-refractivity contribution in [3.05, 3.63) is 65.2 Å².